The average Bonchev–Trinajstić information content (AvgIpc) is 2.59. The Morgan fingerprint density at radius 3 is 2.42 bits per heavy atom. The first kappa shape index (κ1) is 19.7. The van der Waals surface area contributed by atoms with Crippen molar-refractivity contribution in [2.45, 2.75) is 39.3 Å². The summed E-state index contributed by atoms with van der Waals surface area (Å²) >= 11 is 0. The van der Waals surface area contributed by atoms with Gasteiger partial charge in [-0.05, 0) is 56.5 Å². The molecule has 0 bridgehead atoms. The summed E-state index contributed by atoms with van der Waals surface area (Å²) in [5.74, 6) is 0.994. The number of aliphatic hydroxyl groups is 1. The minimum atomic E-state index is -0.470. The number of aliphatic hydroxyl groups excluding tert-OH is 1. The first-order chi connectivity index (χ1) is 12.3. The molecule has 2 aromatic rings. The fourth-order valence-corrected chi connectivity index (χ4v) is 2.42. The molecule has 1 amide bonds. The summed E-state index contributed by atoms with van der Waals surface area (Å²) in [6.07, 6.45) is 1.59. The molecule has 0 spiro atoms. The molecule has 2 rings (SSSR count). The van der Waals surface area contributed by atoms with E-state index in [2.05, 4.69) is 4.98 Å². The fourth-order valence-electron chi connectivity index (χ4n) is 2.42. The van der Waals surface area contributed by atoms with Gasteiger partial charge in [0.25, 0.3) is 0 Å². The van der Waals surface area contributed by atoms with E-state index < -0.39 is 11.6 Å². The molecule has 0 fully saturated rings. The molecular formula is C20H26N2O4. The van der Waals surface area contributed by atoms with Crippen LogP contribution in [0.15, 0.2) is 42.6 Å². The van der Waals surface area contributed by atoms with Gasteiger partial charge in [-0.15, -0.1) is 0 Å². The number of carbonyl (C=O) groups is 1. The van der Waals surface area contributed by atoms with Gasteiger partial charge in [-0.25, -0.2) is 9.78 Å². The molecule has 1 aromatic carbocycles. The van der Waals surface area contributed by atoms with Crippen LogP contribution >= 0.6 is 0 Å². The highest BCUT2D eigenvalue weighted by Crippen LogP contribution is 2.21. The number of hydrogen-bond acceptors (Lipinski definition) is 5. The Morgan fingerprint density at radius 2 is 1.85 bits per heavy atom. The van der Waals surface area contributed by atoms with Gasteiger partial charge >= 0.3 is 6.09 Å². The van der Waals surface area contributed by atoms with Crippen LogP contribution in [0.2, 0.25) is 0 Å². The van der Waals surface area contributed by atoms with Crippen molar-refractivity contribution in [1.82, 2.24) is 9.88 Å². The number of carbonyl (C=O) groups excluding carboxylic acids is 1. The predicted molar refractivity (Wildman–Crippen MR) is 99.3 cm³/mol. The summed E-state index contributed by atoms with van der Waals surface area (Å²) in [6, 6.07) is 11.0. The molecule has 0 saturated carbocycles. The number of methoxy groups -OCH3 is 1. The van der Waals surface area contributed by atoms with Crippen LogP contribution in [0.4, 0.5) is 4.79 Å². The van der Waals surface area contributed by atoms with Crippen molar-refractivity contribution in [3.05, 3.63) is 53.7 Å². The smallest absolute Gasteiger partial charge is 0.417 e. The van der Waals surface area contributed by atoms with Crippen LogP contribution in [0.1, 0.15) is 31.9 Å². The lowest BCUT2D eigenvalue weighted by Gasteiger charge is -2.34. The van der Waals surface area contributed by atoms with Crippen molar-refractivity contribution >= 4 is 6.09 Å². The first-order valence-corrected chi connectivity index (χ1v) is 8.51. The highest BCUT2D eigenvalue weighted by Gasteiger charge is 2.28. The molecule has 0 aliphatic rings. The molecular weight excluding hydrogens is 332 g/mol. The monoisotopic (exact) mass is 358 g/mol. The second-order valence-corrected chi connectivity index (χ2v) is 6.95. The van der Waals surface area contributed by atoms with Crippen LogP contribution in [-0.2, 0) is 13.0 Å². The second kappa shape index (κ2) is 8.67. The fraction of sp³-hybridized carbons (Fsp3) is 0.400. The minimum absolute atomic E-state index is 0.0307. The van der Waals surface area contributed by atoms with Gasteiger partial charge in [-0.3, -0.25) is 4.90 Å². The lowest BCUT2D eigenvalue weighted by molar-refractivity contribution is 0.100. The predicted octanol–water partition coefficient (Wildman–Crippen LogP) is 3.42. The number of ether oxygens (including phenoxy) is 2. The summed E-state index contributed by atoms with van der Waals surface area (Å²) in [5, 5.41) is 9.04. The summed E-state index contributed by atoms with van der Waals surface area (Å²) in [4.78, 5) is 18.5. The maximum atomic E-state index is 12.7. The molecule has 140 valence electrons. The molecule has 0 radical (unpaired) electrons. The quantitative estimate of drug-likeness (QED) is 0.857. The third-order valence-corrected chi connectivity index (χ3v) is 3.92. The number of benzene rings is 1. The molecule has 0 unspecified atom stereocenters. The molecule has 1 aromatic heterocycles. The zero-order chi connectivity index (χ0) is 19.2. The van der Waals surface area contributed by atoms with E-state index >= 15 is 0 Å². The van der Waals surface area contributed by atoms with Gasteiger partial charge in [-0.2, -0.15) is 0 Å². The SMILES string of the molecule is COc1ccc(CN(C(=O)Oc2cc(CCO)ccn2)C(C)(C)C)cc1. The molecule has 0 aliphatic carbocycles. The molecule has 0 saturated heterocycles. The van der Waals surface area contributed by atoms with Crippen molar-refractivity contribution in [2.24, 2.45) is 0 Å². The average molecular weight is 358 g/mol. The molecule has 26 heavy (non-hydrogen) atoms. The maximum Gasteiger partial charge on any atom is 0.417 e. The van der Waals surface area contributed by atoms with Gasteiger partial charge in [0.05, 0.1) is 7.11 Å². The number of amides is 1. The van der Waals surface area contributed by atoms with Gasteiger partial charge in [0.1, 0.15) is 5.75 Å². The van der Waals surface area contributed by atoms with Gasteiger partial charge in [0, 0.05) is 31.0 Å². The van der Waals surface area contributed by atoms with E-state index in [1.54, 1.807) is 30.3 Å². The topological polar surface area (TPSA) is 71.9 Å². The van der Waals surface area contributed by atoms with Crippen LogP contribution in [0.5, 0.6) is 11.6 Å². The standard InChI is InChI=1S/C20H26N2O4/c1-20(2,3)22(14-16-5-7-17(25-4)8-6-16)19(24)26-18-13-15(10-12-23)9-11-21-18/h5-9,11,13,23H,10,12,14H2,1-4H3. The summed E-state index contributed by atoms with van der Waals surface area (Å²) in [5.41, 5.74) is 1.40. The van der Waals surface area contributed by atoms with Gasteiger partial charge in [0.15, 0.2) is 0 Å². The molecule has 1 N–H and O–H groups in total. The third kappa shape index (κ3) is 5.46. The Kier molecular flexibility index (Phi) is 6.58. The van der Waals surface area contributed by atoms with Gasteiger partial charge in [0.2, 0.25) is 5.88 Å². The van der Waals surface area contributed by atoms with Crippen molar-refractivity contribution in [3.63, 3.8) is 0 Å². The van der Waals surface area contributed by atoms with Crippen molar-refractivity contribution < 1.29 is 19.4 Å². The van der Waals surface area contributed by atoms with Crippen LogP contribution in [0, 0.1) is 0 Å². The Hall–Kier alpha value is -2.60. The Bertz CT molecular complexity index is 723. The van der Waals surface area contributed by atoms with Gasteiger partial charge < -0.3 is 14.6 Å². The maximum absolute atomic E-state index is 12.7. The Labute approximate surface area is 154 Å². The molecule has 0 atom stereocenters. The number of pyridine rings is 1. The number of aromatic nitrogens is 1. The largest absolute Gasteiger partial charge is 0.497 e. The molecule has 6 nitrogen and oxygen atoms in total. The molecule has 6 heteroatoms. The minimum Gasteiger partial charge on any atom is -0.497 e. The van der Waals surface area contributed by atoms with E-state index in [1.807, 2.05) is 45.0 Å². The lowest BCUT2D eigenvalue weighted by Crippen LogP contribution is -2.46. The number of nitrogens with zero attached hydrogens (tertiary/aromatic N) is 2. The highest BCUT2D eigenvalue weighted by atomic mass is 16.6. The normalized spacial score (nSPS) is 11.1. The van der Waals surface area contributed by atoms with Crippen LogP contribution in [-0.4, -0.2) is 40.3 Å². The highest BCUT2D eigenvalue weighted by molar-refractivity contribution is 5.71. The van der Waals surface area contributed by atoms with Gasteiger partial charge in [-0.1, -0.05) is 12.1 Å². The van der Waals surface area contributed by atoms with Crippen molar-refractivity contribution in [2.75, 3.05) is 13.7 Å². The van der Waals surface area contributed by atoms with Crippen LogP contribution in [0.3, 0.4) is 0 Å². The van der Waals surface area contributed by atoms with E-state index in [-0.39, 0.29) is 12.5 Å². The van der Waals surface area contributed by atoms with E-state index in [9.17, 15) is 4.79 Å². The van der Waals surface area contributed by atoms with E-state index in [0.717, 1.165) is 16.9 Å². The molecule has 0 aliphatic heterocycles. The third-order valence-electron chi connectivity index (χ3n) is 3.92. The summed E-state index contributed by atoms with van der Waals surface area (Å²) in [7, 11) is 1.62. The van der Waals surface area contributed by atoms with Crippen LogP contribution < -0.4 is 9.47 Å². The van der Waals surface area contributed by atoms with Crippen LogP contribution in [0.25, 0.3) is 0 Å². The summed E-state index contributed by atoms with van der Waals surface area (Å²) in [6.45, 7) is 6.29. The van der Waals surface area contributed by atoms with E-state index in [1.165, 1.54) is 0 Å². The van der Waals surface area contributed by atoms with Crippen molar-refractivity contribution in [3.8, 4) is 11.6 Å². The van der Waals surface area contributed by atoms with E-state index in [4.69, 9.17) is 14.6 Å². The zero-order valence-corrected chi connectivity index (χ0v) is 15.7. The Morgan fingerprint density at radius 1 is 1.15 bits per heavy atom. The Balaban J connectivity index is 2.15. The number of hydrogen-bond donors (Lipinski definition) is 1. The van der Waals surface area contributed by atoms with E-state index in [0.29, 0.717) is 13.0 Å². The second-order valence-electron chi connectivity index (χ2n) is 6.95. The number of rotatable bonds is 6. The lowest BCUT2D eigenvalue weighted by atomic mass is 10.1. The summed E-state index contributed by atoms with van der Waals surface area (Å²) < 4.78 is 10.6. The zero-order valence-electron chi connectivity index (χ0n) is 15.7. The molecule has 1 heterocycles. The first-order valence-electron chi connectivity index (χ1n) is 8.51. The van der Waals surface area contributed by atoms with Crippen molar-refractivity contribution in [1.29, 1.82) is 0 Å².